The minimum absolute atomic E-state index is 0.00133. The summed E-state index contributed by atoms with van der Waals surface area (Å²) < 4.78 is 0. The zero-order valence-electron chi connectivity index (χ0n) is 17.4. The number of hydrogen-bond acceptors (Lipinski definition) is 2. The summed E-state index contributed by atoms with van der Waals surface area (Å²) in [5.74, 6) is 0.254. The summed E-state index contributed by atoms with van der Waals surface area (Å²) in [6.07, 6.45) is 12.8. The van der Waals surface area contributed by atoms with Crippen LogP contribution in [0.25, 0.3) is 0 Å². The first-order valence-electron chi connectivity index (χ1n) is 11.1. The van der Waals surface area contributed by atoms with Gasteiger partial charge in [0.1, 0.15) is 0 Å². The lowest BCUT2D eigenvalue weighted by Crippen LogP contribution is -2.58. The number of amides is 2. The highest BCUT2D eigenvalue weighted by molar-refractivity contribution is 5.93. The van der Waals surface area contributed by atoms with Gasteiger partial charge in [-0.1, -0.05) is 40.9 Å². The molecule has 1 heterocycles. The maximum absolute atomic E-state index is 13.4. The van der Waals surface area contributed by atoms with Gasteiger partial charge in [-0.2, -0.15) is 0 Å². The molecule has 0 aromatic heterocycles. The highest BCUT2D eigenvalue weighted by atomic mass is 16.2. The minimum atomic E-state index is -0.0300. The predicted octanol–water partition coefficient (Wildman–Crippen LogP) is 4.63. The van der Waals surface area contributed by atoms with Crippen molar-refractivity contribution in [2.75, 3.05) is 26.7 Å². The molecule has 4 heteroatoms. The van der Waals surface area contributed by atoms with Gasteiger partial charge in [0.15, 0.2) is 5.78 Å². The molecule has 1 aliphatic heterocycles. The number of carbonyl (C=O) groups excluding carboxylic acids is 2. The molecule has 28 heavy (non-hydrogen) atoms. The van der Waals surface area contributed by atoms with Crippen molar-refractivity contribution >= 4 is 11.8 Å². The fourth-order valence-corrected chi connectivity index (χ4v) is 6.57. The van der Waals surface area contributed by atoms with Crippen LogP contribution in [0.4, 0.5) is 4.79 Å². The van der Waals surface area contributed by atoms with E-state index in [2.05, 4.69) is 13.0 Å². The van der Waals surface area contributed by atoms with Gasteiger partial charge in [0, 0.05) is 25.6 Å². The second kappa shape index (κ2) is 6.60. The molecule has 0 radical (unpaired) electrons. The first kappa shape index (κ1) is 18.2. The average molecular weight is 381 g/mol. The Bertz CT molecular complexity index is 806. The Labute approximate surface area is 168 Å². The van der Waals surface area contributed by atoms with E-state index in [0.29, 0.717) is 6.54 Å². The quantitative estimate of drug-likeness (QED) is 0.667. The van der Waals surface area contributed by atoms with Crippen molar-refractivity contribution < 1.29 is 9.59 Å². The predicted molar refractivity (Wildman–Crippen MR) is 110 cm³/mol. The third-order valence-electron chi connectivity index (χ3n) is 7.88. The molecule has 1 atom stereocenters. The number of rotatable bonds is 4. The largest absolute Gasteiger partial charge is 0.327 e. The molecule has 5 aliphatic rings. The Hall–Kier alpha value is -1.84. The number of allylic oxidation sites excluding steroid dienone is 5. The number of carbonyl (C=O) groups is 2. The second-order valence-electron chi connectivity index (χ2n) is 9.86. The van der Waals surface area contributed by atoms with Crippen LogP contribution in [0.3, 0.4) is 0 Å². The van der Waals surface area contributed by atoms with Crippen LogP contribution in [-0.2, 0) is 4.79 Å². The number of urea groups is 1. The van der Waals surface area contributed by atoms with Crippen molar-refractivity contribution in [2.24, 2.45) is 11.3 Å². The van der Waals surface area contributed by atoms with E-state index in [1.807, 2.05) is 16.8 Å². The van der Waals surface area contributed by atoms with Crippen LogP contribution in [0.2, 0.25) is 0 Å². The van der Waals surface area contributed by atoms with E-state index < -0.39 is 0 Å². The van der Waals surface area contributed by atoms with E-state index in [1.165, 1.54) is 40.7 Å². The highest BCUT2D eigenvalue weighted by Crippen LogP contribution is 2.52. The van der Waals surface area contributed by atoms with Crippen LogP contribution < -0.4 is 0 Å². The van der Waals surface area contributed by atoms with Gasteiger partial charge >= 0.3 is 6.03 Å². The lowest BCUT2D eigenvalue weighted by atomic mass is 9.75. The van der Waals surface area contributed by atoms with Gasteiger partial charge in [-0.05, 0) is 57.8 Å². The van der Waals surface area contributed by atoms with E-state index in [0.717, 1.165) is 51.5 Å². The number of ketones is 1. The third kappa shape index (κ3) is 2.79. The molecule has 0 spiro atoms. The molecule has 3 fully saturated rings. The molecule has 4 aliphatic carbocycles. The summed E-state index contributed by atoms with van der Waals surface area (Å²) in [4.78, 5) is 29.9. The number of hydrogen-bond donors (Lipinski definition) is 0. The van der Waals surface area contributed by atoms with Crippen LogP contribution in [-0.4, -0.2) is 48.3 Å². The SMILES string of the molecule is CN1CC(C)(C2=CCCCC2)CN(CC(=O)C2C3=C4CCC(=C2CC3)C4)C1=O. The average Bonchev–Trinajstić information content (AvgIpc) is 3.25. The topological polar surface area (TPSA) is 40.6 Å². The molecule has 4 bridgehead atoms. The molecule has 0 aromatic rings. The van der Waals surface area contributed by atoms with Gasteiger partial charge in [-0.25, -0.2) is 4.79 Å². The number of fused-ring (bicyclic) bond motifs is 4. The van der Waals surface area contributed by atoms with E-state index >= 15 is 0 Å². The van der Waals surface area contributed by atoms with Gasteiger partial charge in [-0.15, -0.1) is 0 Å². The third-order valence-corrected chi connectivity index (χ3v) is 7.88. The standard InChI is InChI=1S/C24H32N2O2/c1-24(18-6-4-3-5-7-18)14-25(2)23(28)26(15-24)13-21(27)22-19-10-11-20(22)17-9-8-16(19)12-17/h6,22H,3-5,7-15H2,1-2H3. The number of nitrogens with zero attached hydrogens (tertiary/aromatic N) is 2. The van der Waals surface area contributed by atoms with Crippen LogP contribution in [0.1, 0.15) is 64.7 Å². The maximum atomic E-state index is 13.4. The first-order chi connectivity index (χ1) is 13.5. The van der Waals surface area contributed by atoms with Crippen LogP contribution >= 0.6 is 0 Å². The van der Waals surface area contributed by atoms with Gasteiger partial charge in [0.05, 0.1) is 12.5 Å². The zero-order chi connectivity index (χ0) is 19.5. The monoisotopic (exact) mass is 380 g/mol. The molecule has 1 saturated heterocycles. The molecule has 0 N–H and O–H groups in total. The Balaban J connectivity index is 1.37. The van der Waals surface area contributed by atoms with E-state index in [-0.39, 0.29) is 29.7 Å². The Morgan fingerprint density at radius 1 is 1.07 bits per heavy atom. The highest BCUT2D eigenvalue weighted by Gasteiger charge is 2.44. The fraction of sp³-hybridized carbons (Fsp3) is 0.667. The Morgan fingerprint density at radius 3 is 2.43 bits per heavy atom. The Kier molecular flexibility index (Phi) is 4.29. The molecule has 1 unspecified atom stereocenters. The summed E-state index contributed by atoms with van der Waals surface area (Å²) in [6, 6.07) is 0.0173. The van der Waals surface area contributed by atoms with Crippen LogP contribution in [0.5, 0.6) is 0 Å². The van der Waals surface area contributed by atoms with E-state index in [9.17, 15) is 9.59 Å². The lowest BCUT2D eigenvalue weighted by Gasteiger charge is -2.46. The molecular formula is C24H32N2O2. The molecule has 150 valence electrons. The van der Waals surface area contributed by atoms with Crippen LogP contribution in [0.15, 0.2) is 33.9 Å². The van der Waals surface area contributed by atoms with Crippen molar-refractivity contribution in [1.29, 1.82) is 0 Å². The fourth-order valence-electron chi connectivity index (χ4n) is 6.57. The van der Waals surface area contributed by atoms with Crippen molar-refractivity contribution in [3.63, 3.8) is 0 Å². The van der Waals surface area contributed by atoms with Crippen molar-refractivity contribution in [3.8, 4) is 0 Å². The lowest BCUT2D eigenvalue weighted by molar-refractivity contribution is -0.122. The normalized spacial score (nSPS) is 30.5. The number of Topliss-reactive ketones (excluding diaryl/α,β-unsaturated/α-hetero) is 1. The molecular weight excluding hydrogens is 348 g/mol. The van der Waals surface area contributed by atoms with Gasteiger partial charge < -0.3 is 9.80 Å². The van der Waals surface area contributed by atoms with E-state index in [4.69, 9.17) is 0 Å². The molecule has 2 saturated carbocycles. The summed E-state index contributed by atoms with van der Waals surface area (Å²) in [5, 5.41) is 0. The zero-order valence-corrected chi connectivity index (χ0v) is 17.4. The van der Waals surface area contributed by atoms with Gasteiger partial charge in [0.25, 0.3) is 0 Å². The van der Waals surface area contributed by atoms with Crippen molar-refractivity contribution in [2.45, 2.75) is 64.7 Å². The summed E-state index contributed by atoms with van der Waals surface area (Å²) in [6.45, 7) is 3.99. The van der Waals surface area contributed by atoms with Gasteiger partial charge in [-0.3, -0.25) is 4.79 Å². The molecule has 0 aromatic carbocycles. The molecule has 4 nitrogen and oxygen atoms in total. The van der Waals surface area contributed by atoms with Gasteiger partial charge in [0.2, 0.25) is 0 Å². The summed E-state index contributed by atoms with van der Waals surface area (Å²) in [5.41, 5.74) is 7.36. The minimum Gasteiger partial charge on any atom is -0.327 e. The van der Waals surface area contributed by atoms with Crippen LogP contribution in [0, 0.1) is 11.3 Å². The Morgan fingerprint density at radius 2 is 1.79 bits per heavy atom. The maximum Gasteiger partial charge on any atom is 0.320 e. The molecule has 2 amide bonds. The first-order valence-corrected chi connectivity index (χ1v) is 11.1. The summed E-state index contributed by atoms with van der Waals surface area (Å²) in [7, 11) is 1.89. The molecule has 5 rings (SSSR count). The second-order valence-corrected chi connectivity index (χ2v) is 9.86. The summed E-state index contributed by atoms with van der Waals surface area (Å²) >= 11 is 0. The van der Waals surface area contributed by atoms with Crippen molar-refractivity contribution in [1.82, 2.24) is 9.80 Å². The van der Waals surface area contributed by atoms with Crippen molar-refractivity contribution in [3.05, 3.63) is 33.9 Å². The smallest absolute Gasteiger partial charge is 0.320 e. The van der Waals surface area contributed by atoms with E-state index in [1.54, 1.807) is 0 Å².